The van der Waals surface area contributed by atoms with Crippen molar-refractivity contribution in [1.82, 2.24) is 20.0 Å². The lowest BCUT2D eigenvalue weighted by Crippen LogP contribution is -2.46. The second-order valence-electron chi connectivity index (χ2n) is 6.50. The van der Waals surface area contributed by atoms with E-state index in [4.69, 9.17) is 27.7 Å². The molecule has 0 atom stereocenters. The van der Waals surface area contributed by atoms with Crippen molar-refractivity contribution in [2.24, 2.45) is 0 Å². The summed E-state index contributed by atoms with van der Waals surface area (Å²) in [5.41, 5.74) is 1.92. The van der Waals surface area contributed by atoms with Gasteiger partial charge in [0.05, 0.1) is 15.6 Å². The summed E-state index contributed by atoms with van der Waals surface area (Å²) in [5, 5.41) is 5.13. The van der Waals surface area contributed by atoms with Gasteiger partial charge in [0, 0.05) is 38.9 Å². The van der Waals surface area contributed by atoms with Gasteiger partial charge in [-0.25, -0.2) is 4.98 Å². The fourth-order valence-corrected chi connectivity index (χ4v) is 3.63. The highest BCUT2D eigenvalue weighted by atomic mass is 35.5. The standard InChI is InChI=1S/C19H19Cl2N5O/c1-13-23-19(27-24-13)15-5-3-7-22-18(15)26-10-8-25(9-11-26)12-14-4-2-6-16(20)17(14)21/h2-7H,8-12H2,1H3. The second-order valence-corrected chi connectivity index (χ2v) is 7.28. The van der Waals surface area contributed by atoms with Gasteiger partial charge in [-0.15, -0.1) is 0 Å². The normalized spacial score (nSPS) is 15.3. The third-order valence-electron chi connectivity index (χ3n) is 4.64. The third kappa shape index (κ3) is 3.93. The van der Waals surface area contributed by atoms with E-state index in [0.717, 1.165) is 49.7 Å². The van der Waals surface area contributed by atoms with Crippen LogP contribution in [0.4, 0.5) is 5.82 Å². The van der Waals surface area contributed by atoms with Gasteiger partial charge in [-0.05, 0) is 30.7 Å². The Kier molecular flexibility index (Phi) is 5.29. The molecule has 0 amide bonds. The maximum Gasteiger partial charge on any atom is 0.261 e. The summed E-state index contributed by atoms with van der Waals surface area (Å²) in [4.78, 5) is 13.5. The molecule has 4 rings (SSSR count). The SMILES string of the molecule is Cc1noc(-c2cccnc2N2CCN(Cc3cccc(Cl)c3Cl)CC2)n1. The molecule has 27 heavy (non-hydrogen) atoms. The molecule has 0 radical (unpaired) electrons. The van der Waals surface area contributed by atoms with Gasteiger partial charge in [-0.1, -0.05) is 40.5 Å². The van der Waals surface area contributed by atoms with E-state index in [2.05, 4.69) is 24.9 Å². The molecule has 8 heteroatoms. The van der Waals surface area contributed by atoms with Crippen LogP contribution < -0.4 is 4.90 Å². The van der Waals surface area contributed by atoms with Crippen molar-refractivity contribution in [3.05, 3.63) is 58.0 Å². The van der Waals surface area contributed by atoms with Crippen molar-refractivity contribution in [2.45, 2.75) is 13.5 Å². The van der Waals surface area contributed by atoms with Gasteiger partial charge in [0.15, 0.2) is 5.82 Å². The smallest absolute Gasteiger partial charge is 0.261 e. The first-order chi connectivity index (χ1) is 13.1. The van der Waals surface area contributed by atoms with Gasteiger partial charge < -0.3 is 9.42 Å². The molecule has 0 aliphatic carbocycles. The largest absolute Gasteiger partial charge is 0.353 e. The Morgan fingerprint density at radius 3 is 2.63 bits per heavy atom. The Morgan fingerprint density at radius 2 is 1.89 bits per heavy atom. The van der Waals surface area contributed by atoms with Crippen molar-refractivity contribution in [3.63, 3.8) is 0 Å². The van der Waals surface area contributed by atoms with Crippen LogP contribution in [0.1, 0.15) is 11.4 Å². The minimum atomic E-state index is 0.503. The number of aryl methyl sites for hydroxylation is 1. The summed E-state index contributed by atoms with van der Waals surface area (Å²) in [6, 6.07) is 9.62. The zero-order valence-electron chi connectivity index (χ0n) is 14.9. The first-order valence-electron chi connectivity index (χ1n) is 8.77. The highest BCUT2D eigenvalue weighted by Crippen LogP contribution is 2.29. The summed E-state index contributed by atoms with van der Waals surface area (Å²) in [7, 11) is 0. The third-order valence-corrected chi connectivity index (χ3v) is 5.50. The van der Waals surface area contributed by atoms with Gasteiger partial charge in [-0.2, -0.15) is 4.98 Å². The molecule has 1 aromatic carbocycles. The molecule has 0 spiro atoms. The van der Waals surface area contributed by atoms with Crippen LogP contribution in [0.5, 0.6) is 0 Å². The van der Waals surface area contributed by atoms with Crippen molar-refractivity contribution in [3.8, 4) is 11.5 Å². The van der Waals surface area contributed by atoms with Gasteiger partial charge >= 0.3 is 0 Å². The Hall–Kier alpha value is -2.15. The predicted molar refractivity (Wildman–Crippen MR) is 106 cm³/mol. The van der Waals surface area contributed by atoms with E-state index in [1.807, 2.05) is 37.3 Å². The number of pyridine rings is 1. The van der Waals surface area contributed by atoms with Crippen LogP contribution in [0.25, 0.3) is 11.5 Å². The molecule has 2 aromatic heterocycles. The number of benzene rings is 1. The van der Waals surface area contributed by atoms with E-state index in [0.29, 0.717) is 21.8 Å². The average Bonchev–Trinajstić information content (AvgIpc) is 3.12. The molecule has 1 aliphatic heterocycles. The van der Waals surface area contributed by atoms with Gasteiger partial charge in [-0.3, -0.25) is 4.90 Å². The summed E-state index contributed by atoms with van der Waals surface area (Å²) in [6.45, 7) is 6.11. The number of rotatable bonds is 4. The molecule has 0 saturated carbocycles. The Bertz CT molecular complexity index is 937. The molecular formula is C19H19Cl2N5O. The van der Waals surface area contributed by atoms with Gasteiger partial charge in [0.2, 0.25) is 0 Å². The Labute approximate surface area is 167 Å². The quantitative estimate of drug-likeness (QED) is 0.654. The minimum Gasteiger partial charge on any atom is -0.353 e. The van der Waals surface area contributed by atoms with Crippen LogP contribution in [-0.2, 0) is 6.54 Å². The van der Waals surface area contributed by atoms with E-state index < -0.39 is 0 Å². The molecular weight excluding hydrogens is 385 g/mol. The fraction of sp³-hybridized carbons (Fsp3) is 0.316. The van der Waals surface area contributed by atoms with Crippen LogP contribution in [0.3, 0.4) is 0 Å². The molecule has 1 saturated heterocycles. The van der Waals surface area contributed by atoms with E-state index >= 15 is 0 Å². The fourth-order valence-electron chi connectivity index (χ4n) is 3.25. The highest BCUT2D eigenvalue weighted by Gasteiger charge is 2.23. The lowest BCUT2D eigenvalue weighted by atomic mass is 10.1. The molecule has 0 N–H and O–H groups in total. The summed E-state index contributed by atoms with van der Waals surface area (Å²) < 4.78 is 5.34. The number of hydrogen-bond donors (Lipinski definition) is 0. The summed E-state index contributed by atoms with van der Waals surface area (Å²) in [5.74, 6) is 1.99. The second kappa shape index (κ2) is 7.84. The van der Waals surface area contributed by atoms with E-state index in [1.165, 1.54) is 0 Å². The Balaban J connectivity index is 1.46. The van der Waals surface area contributed by atoms with E-state index in [1.54, 1.807) is 6.20 Å². The van der Waals surface area contributed by atoms with Crippen molar-refractivity contribution < 1.29 is 4.52 Å². The van der Waals surface area contributed by atoms with Gasteiger partial charge in [0.25, 0.3) is 5.89 Å². The first kappa shape index (κ1) is 18.2. The molecule has 0 unspecified atom stereocenters. The topological polar surface area (TPSA) is 58.3 Å². The lowest BCUT2D eigenvalue weighted by Gasteiger charge is -2.36. The first-order valence-corrected chi connectivity index (χ1v) is 9.53. The number of hydrogen-bond acceptors (Lipinski definition) is 6. The molecule has 1 aliphatic rings. The van der Waals surface area contributed by atoms with E-state index in [9.17, 15) is 0 Å². The zero-order valence-corrected chi connectivity index (χ0v) is 16.4. The van der Waals surface area contributed by atoms with Gasteiger partial charge in [0.1, 0.15) is 5.82 Å². The van der Waals surface area contributed by atoms with Crippen LogP contribution in [-0.4, -0.2) is 46.2 Å². The zero-order chi connectivity index (χ0) is 18.8. The van der Waals surface area contributed by atoms with Crippen LogP contribution in [0, 0.1) is 6.92 Å². The number of nitrogens with zero attached hydrogens (tertiary/aromatic N) is 5. The van der Waals surface area contributed by atoms with Crippen LogP contribution in [0.2, 0.25) is 10.0 Å². The highest BCUT2D eigenvalue weighted by molar-refractivity contribution is 6.42. The maximum absolute atomic E-state index is 6.33. The van der Waals surface area contributed by atoms with Crippen molar-refractivity contribution in [1.29, 1.82) is 0 Å². The minimum absolute atomic E-state index is 0.503. The van der Waals surface area contributed by atoms with Crippen molar-refractivity contribution in [2.75, 3.05) is 31.1 Å². The monoisotopic (exact) mass is 403 g/mol. The number of halogens is 2. The molecule has 1 fully saturated rings. The number of anilines is 1. The molecule has 6 nitrogen and oxygen atoms in total. The number of aromatic nitrogens is 3. The molecule has 3 heterocycles. The average molecular weight is 404 g/mol. The summed E-state index contributed by atoms with van der Waals surface area (Å²) >= 11 is 12.5. The van der Waals surface area contributed by atoms with Crippen LogP contribution in [0.15, 0.2) is 41.1 Å². The van der Waals surface area contributed by atoms with Crippen LogP contribution >= 0.6 is 23.2 Å². The number of piperazine rings is 1. The van der Waals surface area contributed by atoms with Crippen molar-refractivity contribution >= 4 is 29.0 Å². The van der Waals surface area contributed by atoms with E-state index in [-0.39, 0.29) is 0 Å². The molecule has 140 valence electrons. The molecule has 3 aromatic rings. The Morgan fingerprint density at radius 1 is 1.07 bits per heavy atom. The predicted octanol–water partition coefficient (Wildman–Crippen LogP) is 4.07. The maximum atomic E-state index is 6.33. The molecule has 0 bridgehead atoms. The summed E-state index contributed by atoms with van der Waals surface area (Å²) in [6.07, 6.45) is 1.79. The lowest BCUT2D eigenvalue weighted by molar-refractivity contribution is 0.249.